The molecule has 3 N–H and O–H groups in total. The molecule has 1 aromatic rings. The van der Waals surface area contributed by atoms with Crippen LogP contribution in [0.3, 0.4) is 0 Å². The number of thioether (sulfide) groups is 1. The number of nitrogens with zero attached hydrogens (tertiary/aromatic N) is 1. The molecule has 0 radical (unpaired) electrons. The normalized spacial score (nSPS) is 22.3. The molecule has 3 aliphatic heterocycles. The van der Waals surface area contributed by atoms with Crippen LogP contribution in [0.1, 0.15) is 44.9 Å². The van der Waals surface area contributed by atoms with Gasteiger partial charge in [0.05, 0.1) is 6.61 Å². The molecule has 1 saturated heterocycles. The molecule has 4 rings (SSSR count). The number of fused-ring (bicyclic) bond motifs is 2. The first-order valence-corrected chi connectivity index (χ1v) is 13.5. The molecule has 14 heteroatoms. The van der Waals surface area contributed by atoms with Crippen LogP contribution in [0.5, 0.6) is 5.75 Å². The highest BCUT2D eigenvalue weighted by molar-refractivity contribution is 8.00. The average molecular weight is 578 g/mol. The Balaban J connectivity index is 1.62. The zero-order chi connectivity index (χ0) is 29.4. The number of alkyl carbamates (subject to hydrolysis) is 1. The molecular weight excluding hydrogens is 546 g/mol. The number of methoxy groups -OCH3 is 1. The summed E-state index contributed by atoms with van der Waals surface area (Å²) in [5.74, 6) is -2.80. The second-order valence-corrected chi connectivity index (χ2v) is 11.4. The summed E-state index contributed by atoms with van der Waals surface area (Å²) < 4.78 is 21.4. The topological polar surface area (TPSA) is 170 Å². The zero-order valence-corrected chi connectivity index (χ0v) is 23.5. The van der Waals surface area contributed by atoms with Gasteiger partial charge in [0.25, 0.3) is 11.6 Å². The van der Waals surface area contributed by atoms with Gasteiger partial charge in [0.15, 0.2) is 0 Å². The molecule has 13 nitrogen and oxygen atoms in total. The monoisotopic (exact) mass is 577 g/mol. The van der Waals surface area contributed by atoms with Crippen LogP contribution in [0.4, 0.5) is 4.79 Å². The minimum atomic E-state index is -1.91. The number of carboxylic acid groups (broad SMARTS) is 1. The predicted molar refractivity (Wildman–Crippen MR) is 140 cm³/mol. The molecular formula is C26H31N3O10S. The number of amides is 3. The Morgan fingerprint density at radius 1 is 1.27 bits per heavy atom. The molecule has 3 aliphatic rings. The van der Waals surface area contributed by atoms with Crippen molar-refractivity contribution in [2.24, 2.45) is 0 Å². The Hall–Kier alpha value is -3.78. The van der Waals surface area contributed by atoms with E-state index in [1.807, 2.05) is 0 Å². The third-order valence-corrected chi connectivity index (χ3v) is 7.74. The van der Waals surface area contributed by atoms with Gasteiger partial charge in [-0.2, -0.15) is 0 Å². The third kappa shape index (κ3) is 5.59. The molecule has 1 fully saturated rings. The summed E-state index contributed by atoms with van der Waals surface area (Å²) >= 11 is 1.14. The van der Waals surface area contributed by atoms with E-state index >= 15 is 0 Å². The number of carbonyl (C=O) groups excluding carboxylic acids is 4. The van der Waals surface area contributed by atoms with Crippen LogP contribution < -0.4 is 15.4 Å². The summed E-state index contributed by atoms with van der Waals surface area (Å²) in [6.45, 7) is 6.43. The fourth-order valence-electron chi connectivity index (χ4n) is 4.61. The van der Waals surface area contributed by atoms with Crippen molar-refractivity contribution in [3.63, 3.8) is 0 Å². The van der Waals surface area contributed by atoms with Crippen molar-refractivity contribution in [2.45, 2.75) is 56.9 Å². The first-order chi connectivity index (χ1) is 18.8. The number of rotatable bonds is 8. The summed E-state index contributed by atoms with van der Waals surface area (Å²) in [5.41, 5.74) is -1.57. The number of carbonyl (C=O) groups is 5. The van der Waals surface area contributed by atoms with Crippen molar-refractivity contribution < 1.29 is 48.0 Å². The van der Waals surface area contributed by atoms with Gasteiger partial charge in [-0.15, -0.1) is 11.8 Å². The number of hydrogen-bond donors (Lipinski definition) is 3. The van der Waals surface area contributed by atoms with E-state index in [0.717, 1.165) is 22.2 Å². The van der Waals surface area contributed by atoms with E-state index in [0.29, 0.717) is 24.3 Å². The minimum absolute atomic E-state index is 0.106. The first kappa shape index (κ1) is 29.2. The molecule has 0 aliphatic carbocycles. The maximum Gasteiger partial charge on any atom is 0.408 e. The molecule has 3 atom stereocenters. The molecule has 0 bridgehead atoms. The molecule has 3 heterocycles. The molecule has 0 aromatic heterocycles. The van der Waals surface area contributed by atoms with E-state index in [1.54, 1.807) is 39.0 Å². The molecule has 0 saturated carbocycles. The molecule has 3 unspecified atom stereocenters. The number of ether oxygens (including phenoxy) is 4. The molecule has 3 amide bonds. The van der Waals surface area contributed by atoms with Crippen LogP contribution in [0.2, 0.25) is 0 Å². The van der Waals surface area contributed by atoms with Gasteiger partial charge in [0.1, 0.15) is 35.1 Å². The van der Waals surface area contributed by atoms with Gasteiger partial charge in [0, 0.05) is 31.8 Å². The lowest BCUT2D eigenvalue weighted by Crippen LogP contribution is -2.81. The highest BCUT2D eigenvalue weighted by atomic mass is 32.2. The van der Waals surface area contributed by atoms with Crippen LogP contribution in [0, 0.1) is 0 Å². The van der Waals surface area contributed by atoms with E-state index < -0.39 is 52.6 Å². The second kappa shape index (κ2) is 11.0. The summed E-state index contributed by atoms with van der Waals surface area (Å²) in [4.78, 5) is 64.2. The summed E-state index contributed by atoms with van der Waals surface area (Å²) in [6, 6.07) is 3.78. The highest BCUT2D eigenvalue weighted by Crippen LogP contribution is 2.47. The Bertz CT molecular complexity index is 1290. The Morgan fingerprint density at radius 3 is 2.62 bits per heavy atom. The zero-order valence-electron chi connectivity index (χ0n) is 22.7. The van der Waals surface area contributed by atoms with Crippen molar-refractivity contribution in [2.75, 3.05) is 26.1 Å². The maximum absolute atomic E-state index is 13.7. The van der Waals surface area contributed by atoms with Crippen LogP contribution in [0.15, 0.2) is 29.5 Å². The number of benzene rings is 1. The lowest BCUT2D eigenvalue weighted by molar-refractivity contribution is -0.193. The van der Waals surface area contributed by atoms with Crippen LogP contribution in [-0.2, 0) is 39.8 Å². The lowest BCUT2D eigenvalue weighted by atomic mass is 9.96. The largest absolute Gasteiger partial charge is 0.493 e. The van der Waals surface area contributed by atoms with E-state index in [1.165, 1.54) is 14.0 Å². The third-order valence-electron chi connectivity index (χ3n) is 6.36. The Morgan fingerprint density at radius 2 is 2.00 bits per heavy atom. The van der Waals surface area contributed by atoms with E-state index in [9.17, 15) is 29.1 Å². The summed E-state index contributed by atoms with van der Waals surface area (Å²) in [5, 5.41) is 14.1. The number of aliphatic carboxylic acids is 1. The lowest BCUT2D eigenvalue weighted by Gasteiger charge is -2.56. The number of β-lactam (4-membered cyclic amide) rings is 1. The van der Waals surface area contributed by atoms with Gasteiger partial charge in [-0.1, -0.05) is 6.07 Å². The fourth-order valence-corrected chi connectivity index (χ4v) is 6.03. The minimum Gasteiger partial charge on any atom is -0.493 e. The van der Waals surface area contributed by atoms with Gasteiger partial charge < -0.3 is 34.7 Å². The summed E-state index contributed by atoms with van der Waals surface area (Å²) in [6.07, 6.45) is -0.228. The van der Waals surface area contributed by atoms with Gasteiger partial charge in [-0.3, -0.25) is 19.3 Å². The summed E-state index contributed by atoms with van der Waals surface area (Å²) in [7, 11) is 1.22. The van der Waals surface area contributed by atoms with Gasteiger partial charge >= 0.3 is 18.0 Å². The van der Waals surface area contributed by atoms with E-state index in [2.05, 4.69) is 10.6 Å². The quantitative estimate of drug-likeness (QED) is 0.232. The number of esters is 1. The smallest absolute Gasteiger partial charge is 0.408 e. The maximum atomic E-state index is 13.7. The van der Waals surface area contributed by atoms with Crippen molar-refractivity contribution in [1.29, 1.82) is 0 Å². The Labute approximate surface area is 234 Å². The van der Waals surface area contributed by atoms with Crippen molar-refractivity contribution in [3.05, 3.63) is 40.6 Å². The van der Waals surface area contributed by atoms with Crippen molar-refractivity contribution >= 4 is 41.6 Å². The van der Waals surface area contributed by atoms with E-state index in [-0.39, 0.29) is 23.6 Å². The van der Waals surface area contributed by atoms with Crippen molar-refractivity contribution in [3.8, 4) is 5.75 Å². The Kier molecular flexibility index (Phi) is 8.04. The van der Waals surface area contributed by atoms with Crippen LogP contribution >= 0.6 is 11.8 Å². The molecule has 1 aromatic carbocycles. The SMILES string of the molecule is COC1(NC(=O)C(NC(=O)OC(C)(C)C)c2ccc3c(c2)CCO3)C(=O)N2C(C(=O)O)=C(COC(C)=O)CSC21. The predicted octanol–water partition coefficient (Wildman–Crippen LogP) is 1.46. The highest BCUT2D eigenvalue weighted by Gasteiger charge is 2.67. The van der Waals surface area contributed by atoms with Crippen LogP contribution in [0.25, 0.3) is 0 Å². The molecule has 40 heavy (non-hydrogen) atoms. The molecule has 0 spiro atoms. The van der Waals surface area contributed by atoms with Gasteiger partial charge in [0.2, 0.25) is 5.91 Å². The first-order valence-electron chi connectivity index (χ1n) is 12.4. The molecule has 216 valence electrons. The average Bonchev–Trinajstić information content (AvgIpc) is 3.35. The number of nitrogens with one attached hydrogen (secondary N) is 2. The van der Waals surface area contributed by atoms with Gasteiger partial charge in [-0.05, 0) is 44.0 Å². The van der Waals surface area contributed by atoms with Gasteiger partial charge in [-0.25, -0.2) is 9.59 Å². The standard InChI is InChI=1S/C26H31N3O10S/c1-13(30)38-11-16-12-40-23-26(36-5,22(34)29(23)19(16)21(32)33)28-20(31)18(27-24(35)39-25(2,3)4)15-6-7-17-14(10-15)8-9-37-17/h6-7,10,18,23H,8-9,11-12H2,1-5H3,(H,27,35)(H,28,31)(H,32,33). The van der Waals surface area contributed by atoms with Crippen LogP contribution in [-0.4, -0.2) is 82.6 Å². The second-order valence-electron chi connectivity index (χ2n) is 10.3. The number of hydrogen-bond acceptors (Lipinski definition) is 10. The fraction of sp³-hybridized carbons (Fsp3) is 0.500. The number of carboxylic acids is 1. The van der Waals surface area contributed by atoms with E-state index in [4.69, 9.17) is 18.9 Å². The van der Waals surface area contributed by atoms with Crippen molar-refractivity contribution in [1.82, 2.24) is 15.5 Å².